The van der Waals surface area contributed by atoms with Gasteiger partial charge in [0.1, 0.15) is 5.60 Å². The zero-order valence-electron chi connectivity index (χ0n) is 23.6. The lowest BCUT2D eigenvalue weighted by Crippen LogP contribution is -2.42. The van der Waals surface area contributed by atoms with Gasteiger partial charge in [0.25, 0.3) is 0 Å². The number of carboxylic acids is 3. The first kappa shape index (κ1) is 37.0. The van der Waals surface area contributed by atoms with Crippen LogP contribution in [0.3, 0.4) is 0 Å². The molecule has 0 aliphatic rings. The summed E-state index contributed by atoms with van der Waals surface area (Å²) in [5, 5.41) is 33.8. The van der Waals surface area contributed by atoms with Crippen molar-refractivity contribution >= 4 is 23.9 Å². The van der Waals surface area contributed by atoms with Gasteiger partial charge in [-0.05, 0) is 27.2 Å². The lowest BCUT2D eigenvalue weighted by atomic mass is 9.96. The predicted molar refractivity (Wildman–Crippen MR) is 142 cm³/mol. The van der Waals surface area contributed by atoms with Crippen LogP contribution in [0.1, 0.15) is 143 Å². The number of carboxylic acid groups (broad SMARTS) is 3. The van der Waals surface area contributed by atoms with Crippen molar-refractivity contribution in [3.8, 4) is 0 Å². The average Bonchev–Trinajstić information content (AvgIpc) is 2.74. The number of unbranched alkanes of at least 4 members (excludes halogenated alkanes) is 14. The molecule has 0 amide bonds. The van der Waals surface area contributed by atoms with Gasteiger partial charge in [0, 0.05) is 6.42 Å². The molecule has 0 saturated carbocycles. The van der Waals surface area contributed by atoms with Crippen molar-refractivity contribution in [2.45, 2.75) is 154 Å². The van der Waals surface area contributed by atoms with E-state index in [1.807, 2.05) is 20.8 Å². The van der Waals surface area contributed by atoms with Gasteiger partial charge < -0.3 is 25.2 Å². The normalized spacial score (nSPS) is 11.4. The molecular weight excluding hydrogens is 480 g/mol. The first-order valence-electron chi connectivity index (χ1n) is 13.8. The van der Waals surface area contributed by atoms with Crippen molar-refractivity contribution in [2.24, 2.45) is 0 Å². The van der Waals surface area contributed by atoms with Crippen LogP contribution in [0.4, 0.5) is 0 Å². The quantitative estimate of drug-likeness (QED) is 0.0977. The summed E-state index contributed by atoms with van der Waals surface area (Å²) >= 11 is 0. The highest BCUT2D eigenvalue weighted by atomic mass is 16.6. The third-order valence-corrected chi connectivity index (χ3v) is 5.69. The lowest BCUT2D eigenvalue weighted by Gasteiger charge is -2.19. The maximum absolute atomic E-state index is 11.6. The number of ether oxygens (including phenoxy) is 1. The molecule has 0 bridgehead atoms. The third kappa shape index (κ3) is 26.7. The summed E-state index contributed by atoms with van der Waals surface area (Å²) < 4.78 is 5.32. The molecule has 37 heavy (non-hydrogen) atoms. The van der Waals surface area contributed by atoms with Crippen molar-refractivity contribution in [1.29, 1.82) is 0 Å². The molecule has 0 heterocycles. The number of aliphatic hydroxyl groups is 1. The summed E-state index contributed by atoms with van der Waals surface area (Å²) in [6.07, 6.45) is 18.6. The van der Waals surface area contributed by atoms with Gasteiger partial charge in [-0.25, -0.2) is 4.79 Å². The Morgan fingerprint density at radius 2 is 0.919 bits per heavy atom. The predicted octanol–water partition coefficient (Wildman–Crippen LogP) is 6.34. The second-order valence-corrected chi connectivity index (χ2v) is 10.8. The van der Waals surface area contributed by atoms with E-state index in [4.69, 9.17) is 25.2 Å². The van der Waals surface area contributed by atoms with E-state index in [0.29, 0.717) is 6.42 Å². The molecule has 0 spiro atoms. The summed E-state index contributed by atoms with van der Waals surface area (Å²) in [5.74, 6) is -5.06. The molecule has 0 aromatic rings. The Hall–Kier alpha value is -2.16. The molecule has 4 N–H and O–H groups in total. The molecule has 0 saturated heterocycles. The largest absolute Gasteiger partial charge is 0.481 e. The summed E-state index contributed by atoms with van der Waals surface area (Å²) in [4.78, 5) is 42.1. The highest BCUT2D eigenvalue weighted by molar-refractivity contribution is 5.88. The van der Waals surface area contributed by atoms with Gasteiger partial charge in [-0.15, -0.1) is 0 Å². The Morgan fingerprint density at radius 3 is 1.19 bits per heavy atom. The van der Waals surface area contributed by atoms with Crippen LogP contribution in [0.2, 0.25) is 0 Å². The molecule has 0 radical (unpaired) electrons. The second-order valence-electron chi connectivity index (χ2n) is 10.8. The number of hydrogen-bond donors (Lipinski definition) is 4. The fourth-order valence-corrected chi connectivity index (χ4v) is 3.75. The number of esters is 1. The lowest BCUT2D eigenvalue weighted by molar-refractivity contribution is -0.170. The van der Waals surface area contributed by atoms with E-state index < -0.39 is 36.4 Å². The molecule has 218 valence electrons. The molecule has 9 heteroatoms. The monoisotopic (exact) mass is 532 g/mol. The van der Waals surface area contributed by atoms with Crippen LogP contribution in [-0.2, 0) is 23.9 Å². The molecular formula is C28H52O9. The Morgan fingerprint density at radius 1 is 0.595 bits per heavy atom. The van der Waals surface area contributed by atoms with Gasteiger partial charge in [-0.2, -0.15) is 0 Å². The standard InChI is InChI=1S/C22H44O2.C6H8O7/c1-5-6-7-8-9-10-11-12-13-14-15-16-17-18-19-20-21(23)24-22(2,3)4;7-3(8)1-6(13,5(11)12)2-4(9)10/h5-20H2,1-4H3;13H,1-2H2,(H,7,8)(H,9,10)(H,11,12). The summed E-state index contributed by atoms with van der Waals surface area (Å²) in [7, 11) is 0. The van der Waals surface area contributed by atoms with Gasteiger partial charge in [-0.1, -0.05) is 96.8 Å². The van der Waals surface area contributed by atoms with E-state index in [1.54, 1.807) is 0 Å². The van der Waals surface area contributed by atoms with Crippen LogP contribution in [0, 0.1) is 0 Å². The highest BCUT2D eigenvalue weighted by Gasteiger charge is 2.40. The summed E-state index contributed by atoms with van der Waals surface area (Å²) in [5.41, 5.74) is -3.08. The molecule has 0 aliphatic heterocycles. The van der Waals surface area contributed by atoms with E-state index in [1.165, 1.54) is 83.5 Å². The maximum Gasteiger partial charge on any atom is 0.336 e. The Bertz CT molecular complexity index is 622. The van der Waals surface area contributed by atoms with Crippen LogP contribution in [0.15, 0.2) is 0 Å². The molecule has 0 fully saturated rings. The molecule has 0 aromatic carbocycles. The first-order chi connectivity index (χ1) is 17.2. The van der Waals surface area contributed by atoms with Crippen molar-refractivity contribution < 1.29 is 44.3 Å². The Kier molecular flexibility index (Phi) is 21.9. The minimum atomic E-state index is -2.74. The number of carbonyl (C=O) groups is 4. The van der Waals surface area contributed by atoms with E-state index in [9.17, 15) is 19.2 Å². The molecule has 0 unspecified atom stereocenters. The van der Waals surface area contributed by atoms with Crippen molar-refractivity contribution in [3.05, 3.63) is 0 Å². The van der Waals surface area contributed by atoms with Crippen LogP contribution < -0.4 is 0 Å². The van der Waals surface area contributed by atoms with E-state index >= 15 is 0 Å². The van der Waals surface area contributed by atoms with E-state index in [2.05, 4.69) is 6.92 Å². The molecule has 0 atom stereocenters. The smallest absolute Gasteiger partial charge is 0.336 e. The van der Waals surface area contributed by atoms with Gasteiger partial charge in [0.05, 0.1) is 12.8 Å². The van der Waals surface area contributed by atoms with Gasteiger partial charge in [-0.3, -0.25) is 14.4 Å². The van der Waals surface area contributed by atoms with Crippen LogP contribution in [0.25, 0.3) is 0 Å². The number of carbonyl (C=O) groups excluding carboxylic acids is 1. The van der Waals surface area contributed by atoms with Crippen molar-refractivity contribution in [3.63, 3.8) is 0 Å². The topological polar surface area (TPSA) is 158 Å². The van der Waals surface area contributed by atoms with Gasteiger partial charge in [0.15, 0.2) is 5.60 Å². The van der Waals surface area contributed by atoms with Gasteiger partial charge >= 0.3 is 23.9 Å². The SMILES string of the molecule is CCCCCCCCCCCCCCCCCC(=O)OC(C)(C)C.O=C(O)CC(O)(CC(=O)O)C(=O)O. The molecule has 0 rings (SSSR count). The van der Waals surface area contributed by atoms with Crippen LogP contribution >= 0.6 is 0 Å². The third-order valence-electron chi connectivity index (χ3n) is 5.69. The average molecular weight is 533 g/mol. The first-order valence-corrected chi connectivity index (χ1v) is 13.8. The fraction of sp³-hybridized carbons (Fsp3) is 0.857. The Balaban J connectivity index is 0. The summed E-state index contributed by atoms with van der Waals surface area (Å²) in [6, 6.07) is 0. The highest BCUT2D eigenvalue weighted by Crippen LogP contribution is 2.16. The van der Waals surface area contributed by atoms with Crippen LogP contribution in [0.5, 0.6) is 0 Å². The van der Waals surface area contributed by atoms with Gasteiger partial charge in [0.2, 0.25) is 0 Å². The van der Waals surface area contributed by atoms with Crippen molar-refractivity contribution in [2.75, 3.05) is 0 Å². The number of hydrogen-bond acceptors (Lipinski definition) is 6. The van der Waals surface area contributed by atoms with Crippen LogP contribution in [-0.4, -0.2) is 55.5 Å². The molecule has 9 nitrogen and oxygen atoms in total. The second kappa shape index (κ2) is 21.9. The number of aliphatic carboxylic acids is 3. The maximum atomic E-state index is 11.6. The molecule has 0 aliphatic carbocycles. The zero-order valence-corrected chi connectivity index (χ0v) is 23.6. The molecule has 0 aromatic heterocycles. The minimum Gasteiger partial charge on any atom is -0.481 e. The van der Waals surface area contributed by atoms with Crippen molar-refractivity contribution in [1.82, 2.24) is 0 Å². The fourth-order valence-electron chi connectivity index (χ4n) is 3.75. The number of rotatable bonds is 21. The summed E-state index contributed by atoms with van der Waals surface area (Å²) in [6.45, 7) is 8.06. The Labute approximate surface area is 223 Å². The van der Waals surface area contributed by atoms with E-state index in [0.717, 1.165) is 12.8 Å². The minimum absolute atomic E-state index is 0.0443. The zero-order chi connectivity index (χ0) is 28.7. The van der Waals surface area contributed by atoms with E-state index in [-0.39, 0.29) is 11.6 Å².